The molecule has 5 heteroatoms. The fourth-order valence-corrected chi connectivity index (χ4v) is 3.55. The molecule has 0 saturated heterocycles. The van der Waals surface area contributed by atoms with Crippen LogP contribution < -0.4 is 5.32 Å². The van der Waals surface area contributed by atoms with E-state index in [1.807, 2.05) is 50.3 Å². The van der Waals surface area contributed by atoms with E-state index in [-0.39, 0.29) is 18.1 Å². The number of fused-ring (bicyclic) bond motifs is 3. The summed E-state index contributed by atoms with van der Waals surface area (Å²) in [5, 5.41) is 2.93. The molecule has 0 saturated carbocycles. The summed E-state index contributed by atoms with van der Waals surface area (Å²) in [5.74, 6) is 0.0954. The van der Waals surface area contributed by atoms with Crippen LogP contribution in [0.5, 0.6) is 0 Å². The van der Waals surface area contributed by atoms with Gasteiger partial charge in [-0.15, -0.1) is 0 Å². The van der Waals surface area contributed by atoms with Crippen LogP contribution in [0.2, 0.25) is 0 Å². The first-order valence-electron chi connectivity index (χ1n) is 9.68. The number of carbonyl (C=O) groups excluding carboxylic acids is 1. The van der Waals surface area contributed by atoms with Gasteiger partial charge in [0.1, 0.15) is 11.5 Å². The standard InChI is InChI=1S/C24H22FN3O/c1-15(2)12-21-24(28-22(29)13-16-6-4-3-5-7-16)27-20-11-8-17-14-18(25)9-10-19(17)23(20)26-21/h3-7,9-10,12,14H,8,11,13H2,1-2H3,(H,27,28,29). The average molecular weight is 387 g/mol. The maximum Gasteiger partial charge on any atom is 0.230 e. The van der Waals surface area contributed by atoms with Crippen molar-refractivity contribution < 1.29 is 9.18 Å². The molecule has 0 bridgehead atoms. The Kier molecular flexibility index (Phi) is 5.21. The normalized spacial score (nSPS) is 12.0. The van der Waals surface area contributed by atoms with Crippen LogP contribution in [0.1, 0.15) is 36.4 Å². The molecule has 1 aliphatic carbocycles. The van der Waals surface area contributed by atoms with E-state index in [4.69, 9.17) is 9.97 Å². The first-order chi connectivity index (χ1) is 14.0. The smallest absolute Gasteiger partial charge is 0.230 e. The van der Waals surface area contributed by atoms with E-state index in [2.05, 4.69) is 5.32 Å². The summed E-state index contributed by atoms with van der Waals surface area (Å²) < 4.78 is 13.6. The van der Waals surface area contributed by atoms with Crippen molar-refractivity contribution in [2.45, 2.75) is 33.1 Å². The summed E-state index contributed by atoms with van der Waals surface area (Å²) in [7, 11) is 0. The summed E-state index contributed by atoms with van der Waals surface area (Å²) in [4.78, 5) is 22.1. The Morgan fingerprint density at radius 1 is 1.10 bits per heavy atom. The zero-order valence-electron chi connectivity index (χ0n) is 16.5. The molecule has 0 atom stereocenters. The molecule has 0 spiro atoms. The molecule has 4 rings (SSSR count). The van der Waals surface area contributed by atoms with Crippen molar-refractivity contribution >= 4 is 17.8 Å². The highest BCUT2D eigenvalue weighted by Crippen LogP contribution is 2.33. The second-order valence-electron chi connectivity index (χ2n) is 7.49. The number of hydrogen-bond acceptors (Lipinski definition) is 3. The highest BCUT2D eigenvalue weighted by atomic mass is 19.1. The fourth-order valence-electron chi connectivity index (χ4n) is 3.55. The molecule has 0 aliphatic heterocycles. The SMILES string of the molecule is CC(C)=Cc1nc2c(nc1NC(=O)Cc1ccccc1)CCc1cc(F)ccc1-2. The van der Waals surface area contributed by atoms with Crippen molar-refractivity contribution in [2.24, 2.45) is 0 Å². The number of aryl methyl sites for hydroxylation is 2. The van der Waals surface area contributed by atoms with E-state index in [9.17, 15) is 9.18 Å². The Balaban J connectivity index is 1.70. The topological polar surface area (TPSA) is 54.9 Å². The zero-order valence-corrected chi connectivity index (χ0v) is 16.5. The van der Waals surface area contributed by atoms with Gasteiger partial charge in [-0.25, -0.2) is 14.4 Å². The molecular formula is C24H22FN3O. The maximum absolute atomic E-state index is 13.6. The third kappa shape index (κ3) is 4.24. The largest absolute Gasteiger partial charge is 0.309 e. The summed E-state index contributed by atoms with van der Waals surface area (Å²) in [6.45, 7) is 3.94. The molecule has 0 radical (unpaired) electrons. The Morgan fingerprint density at radius 3 is 2.66 bits per heavy atom. The third-order valence-electron chi connectivity index (χ3n) is 4.84. The lowest BCUT2D eigenvalue weighted by Crippen LogP contribution is -2.19. The highest BCUT2D eigenvalue weighted by molar-refractivity contribution is 5.93. The molecule has 4 nitrogen and oxygen atoms in total. The molecule has 0 unspecified atom stereocenters. The van der Waals surface area contributed by atoms with Gasteiger partial charge in [-0.2, -0.15) is 0 Å². The van der Waals surface area contributed by atoms with Crippen molar-refractivity contribution in [3.05, 3.63) is 82.4 Å². The summed E-state index contributed by atoms with van der Waals surface area (Å²) in [6, 6.07) is 14.4. The molecule has 146 valence electrons. The number of nitrogens with one attached hydrogen (secondary N) is 1. The van der Waals surface area contributed by atoms with E-state index in [1.165, 1.54) is 6.07 Å². The third-order valence-corrected chi connectivity index (χ3v) is 4.84. The predicted octanol–water partition coefficient (Wildman–Crippen LogP) is 4.99. The second kappa shape index (κ2) is 7.95. The number of carbonyl (C=O) groups is 1. The minimum Gasteiger partial charge on any atom is -0.309 e. The molecular weight excluding hydrogens is 365 g/mol. The zero-order chi connectivity index (χ0) is 20.4. The number of amides is 1. The van der Waals surface area contributed by atoms with Crippen LogP contribution in [0.4, 0.5) is 10.2 Å². The fraction of sp³-hybridized carbons (Fsp3) is 0.208. The van der Waals surface area contributed by atoms with Crippen molar-refractivity contribution in [2.75, 3.05) is 5.32 Å². The van der Waals surface area contributed by atoms with Gasteiger partial charge in [0.15, 0.2) is 5.82 Å². The molecule has 29 heavy (non-hydrogen) atoms. The van der Waals surface area contributed by atoms with Gasteiger partial charge in [0, 0.05) is 5.56 Å². The monoisotopic (exact) mass is 387 g/mol. The molecule has 0 fully saturated rings. The number of rotatable bonds is 4. The minimum absolute atomic E-state index is 0.132. The molecule has 2 aromatic carbocycles. The van der Waals surface area contributed by atoms with Gasteiger partial charge >= 0.3 is 0 Å². The lowest BCUT2D eigenvalue weighted by atomic mass is 9.91. The molecule has 1 heterocycles. The average Bonchev–Trinajstić information content (AvgIpc) is 2.68. The Hall–Kier alpha value is -3.34. The molecule has 1 aromatic heterocycles. The Morgan fingerprint density at radius 2 is 1.90 bits per heavy atom. The van der Waals surface area contributed by atoms with Crippen molar-refractivity contribution in [1.29, 1.82) is 0 Å². The van der Waals surface area contributed by atoms with Crippen LogP contribution >= 0.6 is 0 Å². The van der Waals surface area contributed by atoms with Crippen LogP contribution in [0.3, 0.4) is 0 Å². The Labute approximate surface area is 169 Å². The van der Waals surface area contributed by atoms with Gasteiger partial charge in [0.25, 0.3) is 0 Å². The van der Waals surface area contributed by atoms with Crippen LogP contribution in [0.25, 0.3) is 17.3 Å². The minimum atomic E-state index is -0.241. The van der Waals surface area contributed by atoms with Crippen molar-refractivity contribution in [1.82, 2.24) is 9.97 Å². The van der Waals surface area contributed by atoms with E-state index in [0.717, 1.165) is 33.7 Å². The number of benzene rings is 2. The highest BCUT2D eigenvalue weighted by Gasteiger charge is 2.22. The quantitative estimate of drug-likeness (QED) is 0.686. The van der Waals surface area contributed by atoms with E-state index in [1.54, 1.807) is 12.1 Å². The van der Waals surface area contributed by atoms with Crippen molar-refractivity contribution in [3.8, 4) is 11.3 Å². The summed E-state index contributed by atoms with van der Waals surface area (Å²) in [5.41, 5.74) is 6.04. The first kappa shape index (κ1) is 19.0. The Bertz CT molecular complexity index is 1100. The maximum atomic E-state index is 13.6. The second-order valence-corrected chi connectivity index (χ2v) is 7.49. The van der Waals surface area contributed by atoms with Gasteiger partial charge in [0.05, 0.1) is 17.8 Å². The number of hydrogen-bond donors (Lipinski definition) is 1. The van der Waals surface area contributed by atoms with Gasteiger partial charge in [0.2, 0.25) is 5.91 Å². The van der Waals surface area contributed by atoms with E-state index >= 15 is 0 Å². The lowest BCUT2D eigenvalue weighted by molar-refractivity contribution is -0.115. The van der Waals surface area contributed by atoms with Gasteiger partial charge in [-0.3, -0.25) is 4.79 Å². The summed E-state index contributed by atoms with van der Waals surface area (Å²) >= 11 is 0. The lowest BCUT2D eigenvalue weighted by Gasteiger charge is -2.20. The van der Waals surface area contributed by atoms with Gasteiger partial charge in [-0.1, -0.05) is 35.9 Å². The molecule has 1 amide bonds. The number of anilines is 1. The molecule has 1 aliphatic rings. The van der Waals surface area contributed by atoms with Crippen LogP contribution in [-0.2, 0) is 24.1 Å². The van der Waals surface area contributed by atoms with Gasteiger partial charge in [-0.05, 0) is 62.1 Å². The van der Waals surface area contributed by atoms with Crippen LogP contribution in [-0.4, -0.2) is 15.9 Å². The van der Waals surface area contributed by atoms with Crippen molar-refractivity contribution in [3.63, 3.8) is 0 Å². The number of halogens is 1. The van der Waals surface area contributed by atoms with Gasteiger partial charge < -0.3 is 5.32 Å². The predicted molar refractivity (Wildman–Crippen MR) is 113 cm³/mol. The first-order valence-corrected chi connectivity index (χ1v) is 9.68. The molecule has 1 N–H and O–H groups in total. The number of allylic oxidation sites excluding steroid dienone is 1. The van der Waals surface area contributed by atoms with E-state index < -0.39 is 0 Å². The molecule has 3 aromatic rings. The number of aromatic nitrogens is 2. The summed E-state index contributed by atoms with van der Waals surface area (Å²) in [6.07, 6.45) is 3.54. The van der Waals surface area contributed by atoms with Crippen LogP contribution in [0, 0.1) is 5.82 Å². The number of nitrogens with zero attached hydrogens (tertiary/aromatic N) is 2. The van der Waals surface area contributed by atoms with Crippen LogP contribution in [0.15, 0.2) is 54.1 Å². The van der Waals surface area contributed by atoms with E-state index in [0.29, 0.717) is 24.4 Å².